The molecule has 11 rings (SSSR count). The number of hydrogen-bond donors (Lipinski definition) is 0. The van der Waals surface area contributed by atoms with Crippen LogP contribution in [-0.2, 0) is 5.54 Å². The Morgan fingerprint density at radius 1 is 0.417 bits per heavy atom. The summed E-state index contributed by atoms with van der Waals surface area (Å²) in [7, 11) is 0. The zero-order valence-electron chi connectivity index (χ0n) is 33.5. The Hall–Kier alpha value is -7.55. The van der Waals surface area contributed by atoms with Crippen molar-refractivity contribution in [1.82, 2.24) is 9.55 Å². The van der Waals surface area contributed by atoms with Crippen LogP contribution in [0.4, 0.5) is 0 Å². The Morgan fingerprint density at radius 2 is 0.917 bits per heavy atom. The van der Waals surface area contributed by atoms with Crippen LogP contribution in [-0.4, -0.2) is 9.55 Å². The molecule has 2 heteroatoms. The van der Waals surface area contributed by atoms with Gasteiger partial charge in [-0.2, -0.15) is 0 Å². The third-order valence-corrected chi connectivity index (χ3v) is 12.4. The highest BCUT2D eigenvalue weighted by molar-refractivity contribution is 6.24. The van der Waals surface area contributed by atoms with Crippen molar-refractivity contribution in [3.05, 3.63) is 224 Å². The molecule has 0 saturated heterocycles. The summed E-state index contributed by atoms with van der Waals surface area (Å²) in [4.78, 5) is 5.23. The Morgan fingerprint density at radius 3 is 1.53 bits per heavy atom. The third-order valence-electron chi connectivity index (χ3n) is 12.4. The van der Waals surface area contributed by atoms with Gasteiger partial charge in [-0.25, -0.2) is 4.98 Å². The number of fused-ring (bicyclic) bond motifs is 3. The molecule has 1 aliphatic carbocycles. The van der Waals surface area contributed by atoms with E-state index in [1.165, 1.54) is 71.6 Å². The number of allylic oxidation sites excluding steroid dienone is 4. The number of benzene rings is 9. The highest BCUT2D eigenvalue weighted by Crippen LogP contribution is 2.49. The van der Waals surface area contributed by atoms with Crippen LogP contribution in [0.3, 0.4) is 0 Å². The van der Waals surface area contributed by atoms with E-state index in [9.17, 15) is 0 Å². The van der Waals surface area contributed by atoms with Gasteiger partial charge in [-0.3, -0.25) is 0 Å². The standard InChI is InChI=1S/C58H42N2/c1-58(37-17-4-18-38-58)60-54-30-16-15-29-53(54)59-57(60)43-33-31-40(32-34-43)44-35-36-51-52(39-44)56(48-26-12-10-24-46(48)42-21-7-3-8-22-42)50-28-14-13-27-49(50)55(51)47-25-11-9-23-45(47)41-19-5-2-6-20-41/h2-37,39H,38H2,1H3. The van der Waals surface area contributed by atoms with Gasteiger partial charge in [0.25, 0.3) is 0 Å². The summed E-state index contributed by atoms with van der Waals surface area (Å²) in [5.41, 5.74) is 15.2. The Labute approximate surface area is 351 Å². The topological polar surface area (TPSA) is 17.8 Å². The summed E-state index contributed by atoms with van der Waals surface area (Å²) >= 11 is 0. The van der Waals surface area contributed by atoms with E-state index in [4.69, 9.17) is 4.98 Å². The minimum atomic E-state index is -0.219. The second-order valence-electron chi connectivity index (χ2n) is 16.1. The van der Waals surface area contributed by atoms with Crippen molar-refractivity contribution < 1.29 is 0 Å². The van der Waals surface area contributed by atoms with Crippen molar-refractivity contribution in [2.24, 2.45) is 0 Å². The normalized spacial score (nSPS) is 14.9. The van der Waals surface area contributed by atoms with E-state index in [1.807, 2.05) is 0 Å². The molecule has 0 saturated carbocycles. The summed E-state index contributed by atoms with van der Waals surface area (Å²) in [6, 6.07) is 73.0. The third kappa shape index (κ3) is 6.00. The summed E-state index contributed by atoms with van der Waals surface area (Å²) in [6.45, 7) is 2.30. The summed E-state index contributed by atoms with van der Waals surface area (Å²) in [5, 5.41) is 4.93. The van der Waals surface area contributed by atoms with Crippen LogP contribution in [0.15, 0.2) is 224 Å². The molecule has 284 valence electrons. The first-order valence-electron chi connectivity index (χ1n) is 20.9. The largest absolute Gasteiger partial charge is 0.314 e. The minimum Gasteiger partial charge on any atom is -0.314 e. The number of imidazole rings is 1. The van der Waals surface area contributed by atoms with Crippen LogP contribution in [0.5, 0.6) is 0 Å². The molecule has 1 aliphatic rings. The lowest BCUT2D eigenvalue weighted by molar-refractivity contribution is 0.427. The van der Waals surface area contributed by atoms with Gasteiger partial charge in [0.05, 0.1) is 16.6 Å². The molecule has 0 spiro atoms. The molecule has 0 bridgehead atoms. The molecule has 1 aromatic heterocycles. The molecule has 1 atom stereocenters. The average Bonchev–Trinajstić information content (AvgIpc) is 3.72. The van der Waals surface area contributed by atoms with Crippen molar-refractivity contribution in [3.8, 4) is 67.0 Å². The fourth-order valence-corrected chi connectivity index (χ4v) is 9.51. The quantitative estimate of drug-likeness (QED) is 0.148. The van der Waals surface area contributed by atoms with Crippen molar-refractivity contribution in [1.29, 1.82) is 0 Å². The van der Waals surface area contributed by atoms with Crippen molar-refractivity contribution in [2.75, 3.05) is 0 Å². The number of nitrogens with zero attached hydrogens (tertiary/aromatic N) is 2. The molecule has 0 aliphatic heterocycles. The Kier molecular flexibility index (Phi) is 8.71. The maximum atomic E-state index is 5.23. The predicted molar refractivity (Wildman–Crippen MR) is 254 cm³/mol. The molecule has 2 nitrogen and oxygen atoms in total. The number of para-hydroxylation sites is 2. The van der Waals surface area contributed by atoms with Crippen LogP contribution >= 0.6 is 0 Å². The smallest absolute Gasteiger partial charge is 0.141 e. The van der Waals surface area contributed by atoms with E-state index in [2.05, 4.69) is 236 Å². The van der Waals surface area contributed by atoms with Crippen LogP contribution in [0.2, 0.25) is 0 Å². The van der Waals surface area contributed by atoms with Crippen LogP contribution in [0.1, 0.15) is 13.3 Å². The average molecular weight is 767 g/mol. The molecule has 0 N–H and O–H groups in total. The first kappa shape index (κ1) is 35.6. The zero-order chi connectivity index (χ0) is 40.0. The fourth-order valence-electron chi connectivity index (χ4n) is 9.51. The summed E-state index contributed by atoms with van der Waals surface area (Å²) < 4.78 is 2.42. The monoisotopic (exact) mass is 766 g/mol. The van der Waals surface area contributed by atoms with E-state index in [-0.39, 0.29) is 5.54 Å². The number of hydrogen-bond acceptors (Lipinski definition) is 1. The highest BCUT2D eigenvalue weighted by atomic mass is 15.1. The van der Waals surface area contributed by atoms with Gasteiger partial charge in [0, 0.05) is 5.56 Å². The summed E-state index contributed by atoms with van der Waals surface area (Å²) in [5.74, 6) is 0.983. The second kappa shape index (κ2) is 14.7. The maximum Gasteiger partial charge on any atom is 0.141 e. The predicted octanol–water partition coefficient (Wildman–Crippen LogP) is 15.6. The van der Waals surface area contributed by atoms with Crippen molar-refractivity contribution >= 4 is 32.6 Å². The number of rotatable bonds is 7. The Bertz CT molecular complexity index is 3280. The molecule has 9 aromatic carbocycles. The first-order chi connectivity index (χ1) is 29.6. The molecule has 1 unspecified atom stereocenters. The van der Waals surface area contributed by atoms with Crippen molar-refractivity contribution in [2.45, 2.75) is 18.9 Å². The maximum absolute atomic E-state index is 5.23. The molecule has 10 aromatic rings. The molecule has 0 fully saturated rings. The van der Waals surface area contributed by atoms with E-state index in [0.717, 1.165) is 34.4 Å². The zero-order valence-corrected chi connectivity index (χ0v) is 33.5. The van der Waals surface area contributed by atoms with Gasteiger partial charge >= 0.3 is 0 Å². The van der Waals surface area contributed by atoms with E-state index < -0.39 is 0 Å². The first-order valence-corrected chi connectivity index (χ1v) is 20.9. The van der Waals surface area contributed by atoms with Gasteiger partial charge in [-0.15, -0.1) is 0 Å². The highest BCUT2D eigenvalue weighted by Gasteiger charge is 2.29. The lowest BCUT2D eigenvalue weighted by Crippen LogP contribution is -2.28. The fraction of sp³-hybridized carbons (Fsp3) is 0.0517. The molecule has 60 heavy (non-hydrogen) atoms. The molecule has 0 radical (unpaired) electrons. The SMILES string of the molecule is CC1(n2c(-c3ccc(-c4ccc5c(-c6ccccc6-c6ccccc6)c6ccccc6c(-c6ccccc6-c6ccccc6)c5c4)cc3)nc3ccccc32)C=CC=CC1. The summed E-state index contributed by atoms with van der Waals surface area (Å²) in [6.07, 6.45) is 9.76. The van der Waals surface area contributed by atoms with Crippen LogP contribution < -0.4 is 0 Å². The number of aromatic nitrogens is 2. The Balaban J connectivity index is 1.14. The van der Waals surface area contributed by atoms with Gasteiger partial charge < -0.3 is 4.57 Å². The molecule has 1 heterocycles. The van der Waals surface area contributed by atoms with Gasteiger partial charge in [0.15, 0.2) is 0 Å². The van der Waals surface area contributed by atoms with Crippen LogP contribution in [0.25, 0.3) is 99.6 Å². The lowest BCUT2D eigenvalue weighted by Gasteiger charge is -2.31. The van der Waals surface area contributed by atoms with Gasteiger partial charge in [-0.05, 0) is 109 Å². The van der Waals surface area contributed by atoms with Gasteiger partial charge in [0.2, 0.25) is 0 Å². The van der Waals surface area contributed by atoms with E-state index in [1.54, 1.807) is 0 Å². The minimum absolute atomic E-state index is 0.219. The molecular weight excluding hydrogens is 725 g/mol. The van der Waals surface area contributed by atoms with E-state index >= 15 is 0 Å². The van der Waals surface area contributed by atoms with Crippen molar-refractivity contribution in [3.63, 3.8) is 0 Å². The second-order valence-corrected chi connectivity index (χ2v) is 16.1. The molecular formula is C58H42N2. The van der Waals surface area contributed by atoms with Gasteiger partial charge in [-0.1, -0.05) is 206 Å². The lowest BCUT2D eigenvalue weighted by atomic mass is 9.81. The molecule has 0 amide bonds. The van der Waals surface area contributed by atoms with Gasteiger partial charge in [0.1, 0.15) is 5.82 Å². The van der Waals surface area contributed by atoms with E-state index in [0.29, 0.717) is 0 Å². The van der Waals surface area contributed by atoms with Crippen LogP contribution in [0, 0.1) is 0 Å².